The summed E-state index contributed by atoms with van der Waals surface area (Å²) >= 11 is 0. The molecule has 1 saturated heterocycles. The highest BCUT2D eigenvalue weighted by Crippen LogP contribution is 2.34. The van der Waals surface area contributed by atoms with Crippen molar-refractivity contribution >= 4 is 17.1 Å². The van der Waals surface area contributed by atoms with Crippen LogP contribution in [0.25, 0.3) is 11.2 Å². The van der Waals surface area contributed by atoms with E-state index < -0.39 is 0 Å². The second kappa shape index (κ2) is 6.47. The van der Waals surface area contributed by atoms with Gasteiger partial charge in [0.1, 0.15) is 5.52 Å². The Bertz CT molecular complexity index is 738. The van der Waals surface area contributed by atoms with Crippen molar-refractivity contribution in [2.45, 2.75) is 38.6 Å². The lowest BCUT2D eigenvalue weighted by atomic mass is 10.0. The summed E-state index contributed by atoms with van der Waals surface area (Å²) in [4.78, 5) is 22.6. The van der Waals surface area contributed by atoms with Crippen LogP contribution >= 0.6 is 0 Å². The molecule has 1 amide bonds. The van der Waals surface area contributed by atoms with Crippen molar-refractivity contribution in [3.63, 3.8) is 0 Å². The maximum atomic E-state index is 11.1. The number of nitrogens with one attached hydrogen (secondary N) is 1. The van der Waals surface area contributed by atoms with E-state index in [-0.39, 0.29) is 5.91 Å². The molecule has 128 valence electrons. The van der Waals surface area contributed by atoms with Gasteiger partial charge in [0.15, 0.2) is 5.65 Å². The fourth-order valence-corrected chi connectivity index (χ4v) is 3.58. The lowest BCUT2D eigenvalue weighted by Crippen LogP contribution is -2.25. The van der Waals surface area contributed by atoms with Crippen molar-refractivity contribution in [2.75, 3.05) is 26.2 Å². The Morgan fingerprint density at radius 2 is 2.12 bits per heavy atom. The molecule has 1 aliphatic carbocycles. The number of amides is 1. The first kappa shape index (κ1) is 15.5. The zero-order chi connectivity index (χ0) is 16.5. The number of hydrogen-bond donors (Lipinski definition) is 1. The van der Waals surface area contributed by atoms with E-state index >= 15 is 0 Å². The van der Waals surface area contributed by atoms with Crippen LogP contribution in [0.2, 0.25) is 0 Å². The summed E-state index contributed by atoms with van der Waals surface area (Å²) < 4.78 is 1.89. The number of carbonyl (C=O) groups is 1. The van der Waals surface area contributed by atoms with Crippen LogP contribution in [-0.2, 0) is 11.3 Å². The number of carbonyl (C=O) groups excluding carboxylic acids is 1. The van der Waals surface area contributed by atoms with Gasteiger partial charge in [0.05, 0.1) is 12.2 Å². The Morgan fingerprint density at radius 1 is 1.29 bits per heavy atom. The fourth-order valence-electron chi connectivity index (χ4n) is 3.58. The Balaban J connectivity index is 1.53. The summed E-state index contributed by atoms with van der Waals surface area (Å²) in [5.41, 5.74) is 2.80. The van der Waals surface area contributed by atoms with E-state index in [2.05, 4.69) is 20.2 Å². The number of hydrogen-bond acceptors (Lipinski definition) is 5. The first-order valence-corrected chi connectivity index (χ1v) is 8.85. The Labute approximate surface area is 141 Å². The topological polar surface area (TPSA) is 75.9 Å². The first-order valence-electron chi connectivity index (χ1n) is 8.85. The monoisotopic (exact) mass is 328 g/mol. The lowest BCUT2D eigenvalue weighted by molar-refractivity contribution is -0.118. The van der Waals surface area contributed by atoms with Crippen LogP contribution in [0.3, 0.4) is 0 Å². The Morgan fingerprint density at radius 3 is 2.92 bits per heavy atom. The van der Waals surface area contributed by atoms with Crippen molar-refractivity contribution in [2.24, 2.45) is 5.92 Å². The number of aromatic nitrogens is 4. The molecule has 2 fully saturated rings. The van der Waals surface area contributed by atoms with Gasteiger partial charge in [-0.05, 0) is 31.7 Å². The summed E-state index contributed by atoms with van der Waals surface area (Å²) in [5, 5.41) is 7.63. The summed E-state index contributed by atoms with van der Waals surface area (Å²) in [6, 6.07) is 0. The van der Waals surface area contributed by atoms with Crippen LogP contribution in [0, 0.1) is 5.92 Å². The predicted octanol–water partition coefficient (Wildman–Crippen LogP) is 1.16. The highest BCUT2D eigenvalue weighted by Gasteiger charge is 2.32. The summed E-state index contributed by atoms with van der Waals surface area (Å²) in [7, 11) is 0. The van der Waals surface area contributed by atoms with Crippen LogP contribution in [0.15, 0.2) is 12.4 Å². The third-order valence-electron chi connectivity index (χ3n) is 4.96. The minimum atomic E-state index is -0.0238. The predicted molar refractivity (Wildman–Crippen MR) is 90.5 cm³/mol. The quantitative estimate of drug-likeness (QED) is 0.861. The first-order chi connectivity index (χ1) is 11.7. The van der Waals surface area contributed by atoms with Crippen LogP contribution in [0.5, 0.6) is 0 Å². The maximum Gasteiger partial charge on any atom is 0.216 e. The second-order valence-corrected chi connectivity index (χ2v) is 7.01. The van der Waals surface area contributed by atoms with Gasteiger partial charge < -0.3 is 10.2 Å². The van der Waals surface area contributed by atoms with Gasteiger partial charge in [0.2, 0.25) is 5.91 Å². The standard InChI is InChI=1S/C17H24N6O/c1-12(24)18-7-9-23-17-16(19-5-6-20-17)15(21-23)14-4-8-22(11-14)10-13-2-3-13/h5-6,13-14H,2-4,7-11H2,1H3,(H,18,24)/t14-/m0/s1. The molecule has 4 rings (SSSR count). The molecule has 1 aliphatic heterocycles. The third kappa shape index (κ3) is 3.26. The summed E-state index contributed by atoms with van der Waals surface area (Å²) in [6.07, 6.45) is 7.38. The third-order valence-corrected chi connectivity index (χ3v) is 4.96. The van der Waals surface area contributed by atoms with Crippen LogP contribution < -0.4 is 5.32 Å². The molecule has 1 N–H and O–H groups in total. The normalized spacial score (nSPS) is 21.5. The number of likely N-dealkylation sites (tertiary alicyclic amines) is 1. The van der Waals surface area contributed by atoms with Crippen molar-refractivity contribution in [1.82, 2.24) is 30.0 Å². The Hall–Kier alpha value is -2.02. The minimum absolute atomic E-state index is 0.0238. The minimum Gasteiger partial charge on any atom is -0.354 e. The van der Waals surface area contributed by atoms with E-state index in [0.29, 0.717) is 19.0 Å². The van der Waals surface area contributed by atoms with E-state index in [9.17, 15) is 4.79 Å². The van der Waals surface area contributed by atoms with E-state index in [1.807, 2.05) is 4.68 Å². The maximum absolute atomic E-state index is 11.1. The molecule has 7 nitrogen and oxygen atoms in total. The van der Waals surface area contributed by atoms with Gasteiger partial charge in [0, 0.05) is 44.9 Å². The van der Waals surface area contributed by atoms with Gasteiger partial charge in [-0.15, -0.1) is 0 Å². The molecule has 0 spiro atoms. The van der Waals surface area contributed by atoms with Crippen LogP contribution in [-0.4, -0.2) is 56.7 Å². The van der Waals surface area contributed by atoms with Crippen LogP contribution in [0.1, 0.15) is 37.8 Å². The molecular formula is C17H24N6O. The zero-order valence-electron chi connectivity index (χ0n) is 14.1. The molecular weight excluding hydrogens is 304 g/mol. The van der Waals surface area contributed by atoms with Gasteiger partial charge in [-0.1, -0.05) is 0 Å². The summed E-state index contributed by atoms with van der Waals surface area (Å²) in [6.45, 7) is 6.17. The van der Waals surface area contributed by atoms with Gasteiger partial charge >= 0.3 is 0 Å². The number of nitrogens with zero attached hydrogens (tertiary/aromatic N) is 5. The summed E-state index contributed by atoms with van der Waals surface area (Å²) in [5.74, 6) is 1.34. The smallest absolute Gasteiger partial charge is 0.216 e. The molecule has 0 unspecified atom stereocenters. The number of fused-ring (bicyclic) bond motifs is 1. The largest absolute Gasteiger partial charge is 0.354 e. The van der Waals surface area contributed by atoms with E-state index in [1.54, 1.807) is 12.4 Å². The SMILES string of the molecule is CC(=O)NCCn1nc([C@H]2CCN(CC3CC3)C2)c2nccnc21. The molecule has 1 saturated carbocycles. The average molecular weight is 328 g/mol. The molecule has 0 radical (unpaired) electrons. The van der Waals surface area contributed by atoms with E-state index in [0.717, 1.165) is 42.3 Å². The molecule has 3 heterocycles. The van der Waals surface area contributed by atoms with E-state index in [4.69, 9.17) is 5.10 Å². The molecule has 0 bridgehead atoms. The van der Waals surface area contributed by atoms with Crippen molar-refractivity contribution in [3.8, 4) is 0 Å². The number of rotatable bonds is 6. The van der Waals surface area contributed by atoms with Gasteiger partial charge in [-0.25, -0.2) is 14.6 Å². The highest BCUT2D eigenvalue weighted by atomic mass is 16.1. The van der Waals surface area contributed by atoms with Gasteiger partial charge in [-0.3, -0.25) is 4.79 Å². The zero-order valence-corrected chi connectivity index (χ0v) is 14.1. The molecule has 24 heavy (non-hydrogen) atoms. The lowest BCUT2D eigenvalue weighted by Gasteiger charge is -2.14. The van der Waals surface area contributed by atoms with Crippen LogP contribution in [0.4, 0.5) is 0 Å². The molecule has 7 heteroatoms. The second-order valence-electron chi connectivity index (χ2n) is 7.01. The molecule has 1 atom stereocenters. The molecule has 2 aromatic heterocycles. The van der Waals surface area contributed by atoms with Crippen molar-refractivity contribution in [1.29, 1.82) is 0 Å². The Kier molecular flexibility index (Phi) is 4.18. The molecule has 2 aromatic rings. The van der Waals surface area contributed by atoms with Crippen molar-refractivity contribution in [3.05, 3.63) is 18.1 Å². The fraction of sp³-hybridized carbons (Fsp3) is 0.647. The van der Waals surface area contributed by atoms with Gasteiger partial charge in [-0.2, -0.15) is 5.10 Å². The van der Waals surface area contributed by atoms with Gasteiger partial charge in [0.25, 0.3) is 0 Å². The van der Waals surface area contributed by atoms with E-state index in [1.165, 1.54) is 26.3 Å². The van der Waals surface area contributed by atoms with Crippen molar-refractivity contribution < 1.29 is 4.79 Å². The molecule has 2 aliphatic rings. The molecule has 0 aromatic carbocycles. The average Bonchev–Trinajstić information content (AvgIpc) is 3.13. The highest BCUT2D eigenvalue weighted by molar-refractivity contribution is 5.74.